The van der Waals surface area contributed by atoms with E-state index >= 15 is 0 Å². The standard InChI is InChI=1S/C18H22ClN3O3S/c1-25-16-9-7-13(19)11-17(16)26(23,24)22-18-10-8-15(12-20-18)21-14-5-3-2-4-6-14/h7-12,14,21H,2-6H2,1H3,(H,20,22). The van der Waals surface area contributed by atoms with Gasteiger partial charge in [0.25, 0.3) is 10.0 Å². The maximum atomic E-state index is 12.6. The molecule has 0 bridgehead atoms. The first kappa shape index (κ1) is 18.8. The molecular formula is C18H22ClN3O3S. The van der Waals surface area contributed by atoms with Crippen LogP contribution in [0.1, 0.15) is 32.1 Å². The van der Waals surface area contributed by atoms with Gasteiger partial charge in [-0.05, 0) is 43.2 Å². The van der Waals surface area contributed by atoms with Crippen molar-refractivity contribution in [2.24, 2.45) is 0 Å². The molecule has 0 spiro atoms. The van der Waals surface area contributed by atoms with Gasteiger partial charge in [0.2, 0.25) is 0 Å². The van der Waals surface area contributed by atoms with Crippen molar-refractivity contribution in [1.82, 2.24) is 4.98 Å². The Morgan fingerprint density at radius 1 is 1.15 bits per heavy atom. The van der Waals surface area contributed by atoms with Crippen LogP contribution in [-0.2, 0) is 10.0 Å². The van der Waals surface area contributed by atoms with Crippen molar-refractivity contribution in [3.63, 3.8) is 0 Å². The van der Waals surface area contributed by atoms with Crippen LogP contribution in [0.3, 0.4) is 0 Å². The van der Waals surface area contributed by atoms with Gasteiger partial charge in [-0.3, -0.25) is 4.72 Å². The molecule has 2 aromatic rings. The van der Waals surface area contributed by atoms with E-state index in [9.17, 15) is 8.42 Å². The van der Waals surface area contributed by atoms with Gasteiger partial charge >= 0.3 is 0 Å². The highest BCUT2D eigenvalue weighted by molar-refractivity contribution is 7.92. The molecule has 0 radical (unpaired) electrons. The van der Waals surface area contributed by atoms with Gasteiger partial charge < -0.3 is 10.1 Å². The van der Waals surface area contributed by atoms with Crippen LogP contribution >= 0.6 is 11.6 Å². The van der Waals surface area contributed by atoms with Crippen LogP contribution in [0.15, 0.2) is 41.4 Å². The summed E-state index contributed by atoms with van der Waals surface area (Å²) >= 11 is 5.92. The zero-order valence-electron chi connectivity index (χ0n) is 14.5. The molecule has 0 aliphatic heterocycles. The van der Waals surface area contributed by atoms with E-state index in [1.165, 1.54) is 38.5 Å². The summed E-state index contributed by atoms with van der Waals surface area (Å²) in [6.45, 7) is 0. The minimum atomic E-state index is -3.86. The molecule has 6 nitrogen and oxygen atoms in total. The molecule has 1 fully saturated rings. The van der Waals surface area contributed by atoms with E-state index in [-0.39, 0.29) is 16.5 Å². The average molecular weight is 396 g/mol. The molecule has 1 aromatic carbocycles. The molecule has 0 atom stereocenters. The topological polar surface area (TPSA) is 80.3 Å². The monoisotopic (exact) mass is 395 g/mol. The summed E-state index contributed by atoms with van der Waals surface area (Å²) in [5.41, 5.74) is 0.889. The van der Waals surface area contributed by atoms with E-state index in [4.69, 9.17) is 16.3 Å². The molecule has 1 heterocycles. The van der Waals surface area contributed by atoms with Crippen LogP contribution in [0.4, 0.5) is 11.5 Å². The second-order valence-electron chi connectivity index (χ2n) is 6.31. The number of hydrogen-bond donors (Lipinski definition) is 2. The Hall–Kier alpha value is -1.99. The number of ether oxygens (including phenoxy) is 1. The molecule has 3 rings (SSSR count). The second-order valence-corrected chi connectivity index (χ2v) is 8.40. The van der Waals surface area contributed by atoms with E-state index in [1.807, 2.05) is 6.07 Å². The molecule has 2 N–H and O–H groups in total. The van der Waals surface area contributed by atoms with Crippen LogP contribution in [0.5, 0.6) is 5.75 Å². The fourth-order valence-corrected chi connectivity index (χ4v) is 4.52. The minimum Gasteiger partial charge on any atom is -0.495 e. The number of nitrogens with one attached hydrogen (secondary N) is 2. The molecule has 1 aliphatic rings. The Kier molecular flexibility index (Phi) is 5.88. The van der Waals surface area contributed by atoms with Gasteiger partial charge in [-0.1, -0.05) is 30.9 Å². The lowest BCUT2D eigenvalue weighted by Crippen LogP contribution is -2.22. The van der Waals surface area contributed by atoms with Crippen molar-refractivity contribution in [3.8, 4) is 5.75 Å². The van der Waals surface area contributed by atoms with Crippen LogP contribution in [0, 0.1) is 0 Å². The van der Waals surface area contributed by atoms with E-state index in [2.05, 4.69) is 15.0 Å². The molecule has 26 heavy (non-hydrogen) atoms. The molecule has 1 aromatic heterocycles. The van der Waals surface area contributed by atoms with E-state index in [0.29, 0.717) is 11.1 Å². The number of nitrogens with zero attached hydrogens (tertiary/aromatic N) is 1. The first-order valence-corrected chi connectivity index (χ1v) is 10.4. The van der Waals surface area contributed by atoms with E-state index in [0.717, 1.165) is 18.5 Å². The molecule has 0 unspecified atom stereocenters. The first-order chi connectivity index (χ1) is 12.5. The number of rotatable bonds is 6. The molecule has 1 saturated carbocycles. The normalized spacial score (nSPS) is 15.5. The second kappa shape index (κ2) is 8.14. The largest absolute Gasteiger partial charge is 0.495 e. The Balaban J connectivity index is 1.73. The van der Waals surface area contributed by atoms with E-state index in [1.54, 1.807) is 18.3 Å². The Bertz CT molecular complexity index is 850. The molecule has 140 valence electrons. The fourth-order valence-electron chi connectivity index (χ4n) is 3.08. The number of anilines is 2. The fraction of sp³-hybridized carbons (Fsp3) is 0.389. The third-order valence-corrected chi connectivity index (χ3v) is 6.00. The number of pyridine rings is 1. The number of methoxy groups -OCH3 is 1. The van der Waals surface area contributed by atoms with Gasteiger partial charge in [-0.2, -0.15) is 0 Å². The molecule has 0 amide bonds. The average Bonchev–Trinajstić information content (AvgIpc) is 2.64. The van der Waals surface area contributed by atoms with Crippen molar-refractivity contribution in [2.75, 3.05) is 17.1 Å². The Morgan fingerprint density at radius 3 is 2.58 bits per heavy atom. The van der Waals surface area contributed by atoms with Crippen molar-refractivity contribution in [3.05, 3.63) is 41.6 Å². The maximum absolute atomic E-state index is 12.6. The zero-order chi connectivity index (χ0) is 18.6. The van der Waals surface area contributed by atoms with Crippen molar-refractivity contribution in [2.45, 2.75) is 43.0 Å². The van der Waals surface area contributed by atoms with Gasteiger partial charge in [0.15, 0.2) is 0 Å². The summed E-state index contributed by atoms with van der Waals surface area (Å²) in [5, 5.41) is 3.76. The van der Waals surface area contributed by atoms with Crippen LogP contribution in [0.2, 0.25) is 5.02 Å². The molecule has 0 saturated heterocycles. The SMILES string of the molecule is COc1ccc(Cl)cc1S(=O)(=O)Nc1ccc(NC2CCCCC2)cn1. The van der Waals surface area contributed by atoms with E-state index < -0.39 is 10.0 Å². The summed E-state index contributed by atoms with van der Waals surface area (Å²) in [6.07, 6.45) is 7.73. The lowest BCUT2D eigenvalue weighted by atomic mass is 9.95. The summed E-state index contributed by atoms with van der Waals surface area (Å²) in [5.74, 6) is 0.457. The highest BCUT2D eigenvalue weighted by Gasteiger charge is 2.21. The number of halogens is 1. The predicted octanol–water partition coefficient (Wildman–Crippen LogP) is 4.29. The predicted molar refractivity (Wildman–Crippen MR) is 104 cm³/mol. The van der Waals surface area contributed by atoms with Crippen molar-refractivity contribution >= 4 is 33.1 Å². The van der Waals surface area contributed by atoms with Crippen molar-refractivity contribution < 1.29 is 13.2 Å². The maximum Gasteiger partial charge on any atom is 0.266 e. The number of aromatic nitrogens is 1. The number of hydrogen-bond acceptors (Lipinski definition) is 5. The summed E-state index contributed by atoms with van der Waals surface area (Å²) in [6, 6.07) is 8.37. The Labute approximate surface area is 159 Å². The van der Waals surface area contributed by atoms with Gasteiger partial charge in [0, 0.05) is 11.1 Å². The third kappa shape index (κ3) is 4.59. The molecule has 1 aliphatic carbocycles. The lowest BCUT2D eigenvalue weighted by Gasteiger charge is -2.23. The van der Waals surface area contributed by atoms with Gasteiger partial charge in [-0.15, -0.1) is 0 Å². The minimum absolute atomic E-state index is 0.0290. The van der Waals surface area contributed by atoms with Crippen LogP contribution < -0.4 is 14.8 Å². The van der Waals surface area contributed by atoms with Gasteiger partial charge in [-0.25, -0.2) is 13.4 Å². The molecular weight excluding hydrogens is 374 g/mol. The molecule has 8 heteroatoms. The van der Waals surface area contributed by atoms with Gasteiger partial charge in [0.05, 0.1) is 19.0 Å². The van der Waals surface area contributed by atoms with Crippen LogP contribution in [-0.4, -0.2) is 26.6 Å². The number of sulfonamides is 1. The summed E-state index contributed by atoms with van der Waals surface area (Å²) < 4.78 is 32.8. The summed E-state index contributed by atoms with van der Waals surface area (Å²) in [4.78, 5) is 4.18. The zero-order valence-corrected chi connectivity index (χ0v) is 16.1. The third-order valence-electron chi connectivity index (χ3n) is 4.39. The van der Waals surface area contributed by atoms with Gasteiger partial charge in [0.1, 0.15) is 16.5 Å². The van der Waals surface area contributed by atoms with Crippen LogP contribution in [0.25, 0.3) is 0 Å². The van der Waals surface area contributed by atoms with Crippen molar-refractivity contribution in [1.29, 1.82) is 0 Å². The highest BCUT2D eigenvalue weighted by Crippen LogP contribution is 2.28. The quantitative estimate of drug-likeness (QED) is 0.762. The highest BCUT2D eigenvalue weighted by atomic mass is 35.5. The summed E-state index contributed by atoms with van der Waals surface area (Å²) in [7, 11) is -2.45. The Morgan fingerprint density at radius 2 is 1.92 bits per heavy atom. The first-order valence-electron chi connectivity index (χ1n) is 8.57. The lowest BCUT2D eigenvalue weighted by molar-refractivity contribution is 0.403. The smallest absolute Gasteiger partial charge is 0.266 e. The number of benzene rings is 1.